The average molecular weight is 416 g/mol. The van der Waals surface area contributed by atoms with E-state index in [4.69, 9.17) is 14.2 Å². The Bertz CT molecular complexity index is 782. The second kappa shape index (κ2) is 11.6. The molecule has 0 aliphatic carbocycles. The van der Waals surface area contributed by atoms with Crippen molar-refractivity contribution in [3.63, 3.8) is 0 Å². The lowest BCUT2D eigenvalue weighted by Crippen LogP contribution is -2.46. The molecule has 8 nitrogen and oxygen atoms in total. The van der Waals surface area contributed by atoms with Crippen LogP contribution >= 0.6 is 0 Å². The molecule has 0 saturated carbocycles. The maximum atomic E-state index is 5.95. The Balaban J connectivity index is 1.45. The van der Waals surface area contributed by atoms with Crippen molar-refractivity contribution in [2.45, 2.75) is 31.9 Å². The fraction of sp³-hybridized carbons (Fsp3) is 0.545. The number of likely N-dealkylation sites (tertiary alicyclic amines) is 1. The standard InChI is InChI=1S/C22H33N5O3/c1-23-22(26-12-10-21(11-13-26)30-16-4-15-28-2)24-17-18-9-14-27(25-18)19-5-7-20(29-3)8-6-19/h5-9,14,21H,4,10-13,15-17H2,1-3H3,(H,23,24). The van der Waals surface area contributed by atoms with Crippen molar-refractivity contribution < 1.29 is 14.2 Å². The Morgan fingerprint density at radius 3 is 2.57 bits per heavy atom. The van der Waals surface area contributed by atoms with Crippen molar-refractivity contribution in [1.29, 1.82) is 0 Å². The number of hydrogen-bond donors (Lipinski definition) is 1. The van der Waals surface area contributed by atoms with Crippen LogP contribution in [-0.2, 0) is 16.0 Å². The lowest BCUT2D eigenvalue weighted by molar-refractivity contribution is 0.00989. The van der Waals surface area contributed by atoms with E-state index in [0.717, 1.165) is 68.7 Å². The second-order valence-corrected chi connectivity index (χ2v) is 7.25. The highest BCUT2D eigenvalue weighted by molar-refractivity contribution is 5.79. The zero-order chi connectivity index (χ0) is 21.2. The lowest BCUT2D eigenvalue weighted by Gasteiger charge is -2.34. The van der Waals surface area contributed by atoms with Gasteiger partial charge in [0.1, 0.15) is 5.75 Å². The van der Waals surface area contributed by atoms with Gasteiger partial charge in [-0.3, -0.25) is 4.99 Å². The lowest BCUT2D eigenvalue weighted by atomic mass is 10.1. The fourth-order valence-electron chi connectivity index (χ4n) is 3.52. The van der Waals surface area contributed by atoms with E-state index in [1.807, 2.05) is 48.3 Å². The summed E-state index contributed by atoms with van der Waals surface area (Å²) in [4.78, 5) is 6.74. The molecule has 0 unspecified atom stereocenters. The molecule has 164 valence electrons. The van der Waals surface area contributed by atoms with Crippen molar-refractivity contribution >= 4 is 5.96 Å². The smallest absolute Gasteiger partial charge is 0.193 e. The Labute approximate surface area is 178 Å². The van der Waals surface area contributed by atoms with E-state index in [1.54, 1.807) is 14.2 Å². The first-order chi connectivity index (χ1) is 14.7. The number of hydrogen-bond acceptors (Lipinski definition) is 5. The molecular formula is C22H33N5O3. The maximum Gasteiger partial charge on any atom is 0.193 e. The molecule has 2 heterocycles. The van der Waals surface area contributed by atoms with Crippen LogP contribution in [0.1, 0.15) is 25.0 Å². The number of benzene rings is 1. The number of methoxy groups -OCH3 is 2. The van der Waals surface area contributed by atoms with Gasteiger partial charge in [-0.25, -0.2) is 4.68 Å². The van der Waals surface area contributed by atoms with Crippen LogP contribution in [-0.4, -0.2) is 74.3 Å². The molecule has 8 heteroatoms. The van der Waals surface area contributed by atoms with Gasteiger partial charge in [0.2, 0.25) is 0 Å². The molecule has 0 atom stereocenters. The third-order valence-corrected chi connectivity index (χ3v) is 5.21. The first-order valence-electron chi connectivity index (χ1n) is 10.5. The summed E-state index contributed by atoms with van der Waals surface area (Å²) in [5, 5.41) is 8.09. The van der Waals surface area contributed by atoms with Crippen LogP contribution in [0.4, 0.5) is 0 Å². The SMILES string of the molecule is CN=C(NCc1ccn(-c2ccc(OC)cc2)n1)N1CCC(OCCCOC)CC1. The van der Waals surface area contributed by atoms with Gasteiger partial charge in [0, 0.05) is 46.7 Å². The Hall–Kier alpha value is -2.58. The molecule has 30 heavy (non-hydrogen) atoms. The summed E-state index contributed by atoms with van der Waals surface area (Å²) in [6.45, 7) is 4.03. The van der Waals surface area contributed by atoms with Crippen LogP contribution < -0.4 is 10.1 Å². The molecule has 1 fully saturated rings. The Morgan fingerprint density at radius 2 is 1.90 bits per heavy atom. The molecule has 2 aromatic rings. The zero-order valence-corrected chi connectivity index (χ0v) is 18.2. The second-order valence-electron chi connectivity index (χ2n) is 7.25. The number of nitrogens with zero attached hydrogens (tertiary/aromatic N) is 4. The highest BCUT2D eigenvalue weighted by Crippen LogP contribution is 2.16. The van der Waals surface area contributed by atoms with E-state index in [1.165, 1.54) is 0 Å². The molecule has 1 saturated heterocycles. The largest absolute Gasteiger partial charge is 0.497 e. The Morgan fingerprint density at radius 1 is 1.13 bits per heavy atom. The van der Waals surface area contributed by atoms with Gasteiger partial charge in [0.05, 0.1) is 31.1 Å². The molecule has 1 aliphatic rings. The molecule has 0 amide bonds. The molecule has 0 radical (unpaired) electrons. The van der Waals surface area contributed by atoms with Gasteiger partial charge < -0.3 is 24.4 Å². The van der Waals surface area contributed by atoms with Crippen LogP contribution in [0.2, 0.25) is 0 Å². The summed E-state index contributed by atoms with van der Waals surface area (Å²) in [6.07, 6.45) is 5.27. The summed E-state index contributed by atoms with van der Waals surface area (Å²) in [5.74, 6) is 1.74. The number of ether oxygens (including phenoxy) is 3. The van der Waals surface area contributed by atoms with Crippen LogP contribution in [0.25, 0.3) is 5.69 Å². The average Bonchev–Trinajstić information content (AvgIpc) is 3.27. The third-order valence-electron chi connectivity index (χ3n) is 5.21. The van der Waals surface area contributed by atoms with E-state index in [-0.39, 0.29) is 0 Å². The van der Waals surface area contributed by atoms with Crippen molar-refractivity contribution in [1.82, 2.24) is 20.0 Å². The molecule has 0 bridgehead atoms. The van der Waals surface area contributed by atoms with Crippen molar-refractivity contribution in [3.8, 4) is 11.4 Å². The number of aliphatic imine (C=N–C) groups is 1. The quantitative estimate of drug-likeness (QED) is 0.385. The van der Waals surface area contributed by atoms with Gasteiger partial charge in [0.25, 0.3) is 0 Å². The number of aromatic nitrogens is 2. The van der Waals surface area contributed by atoms with Crippen LogP contribution in [0.3, 0.4) is 0 Å². The summed E-state index contributed by atoms with van der Waals surface area (Å²) < 4.78 is 18.1. The van der Waals surface area contributed by atoms with Gasteiger partial charge >= 0.3 is 0 Å². The minimum atomic E-state index is 0.330. The normalized spacial score (nSPS) is 15.4. The molecular weight excluding hydrogens is 382 g/mol. The molecule has 0 spiro atoms. The van der Waals surface area contributed by atoms with E-state index in [9.17, 15) is 0 Å². The molecule has 1 aliphatic heterocycles. The van der Waals surface area contributed by atoms with Crippen molar-refractivity contribution in [3.05, 3.63) is 42.2 Å². The summed E-state index contributed by atoms with van der Waals surface area (Å²) in [5.41, 5.74) is 1.96. The molecule has 1 aromatic heterocycles. The number of rotatable bonds is 9. The first kappa shape index (κ1) is 22.1. The van der Waals surface area contributed by atoms with Crippen LogP contribution in [0.15, 0.2) is 41.5 Å². The van der Waals surface area contributed by atoms with Gasteiger partial charge in [-0.15, -0.1) is 0 Å². The minimum absolute atomic E-state index is 0.330. The van der Waals surface area contributed by atoms with E-state index in [2.05, 4.69) is 20.3 Å². The van der Waals surface area contributed by atoms with Crippen molar-refractivity contribution in [2.24, 2.45) is 4.99 Å². The highest BCUT2D eigenvalue weighted by atomic mass is 16.5. The summed E-state index contributed by atoms with van der Waals surface area (Å²) in [6, 6.07) is 9.86. The number of guanidine groups is 1. The maximum absolute atomic E-state index is 5.95. The van der Waals surface area contributed by atoms with Crippen molar-refractivity contribution in [2.75, 3.05) is 47.6 Å². The highest BCUT2D eigenvalue weighted by Gasteiger charge is 2.21. The Kier molecular flexibility index (Phi) is 8.53. The van der Waals surface area contributed by atoms with E-state index >= 15 is 0 Å². The molecule has 1 aromatic carbocycles. The minimum Gasteiger partial charge on any atom is -0.497 e. The number of piperidine rings is 1. The van der Waals surface area contributed by atoms with E-state index in [0.29, 0.717) is 12.6 Å². The van der Waals surface area contributed by atoms with Gasteiger partial charge in [-0.2, -0.15) is 5.10 Å². The predicted molar refractivity (Wildman–Crippen MR) is 117 cm³/mol. The topological polar surface area (TPSA) is 73.1 Å². The first-order valence-corrected chi connectivity index (χ1v) is 10.5. The summed E-state index contributed by atoms with van der Waals surface area (Å²) >= 11 is 0. The predicted octanol–water partition coefficient (Wildman–Crippen LogP) is 2.47. The number of nitrogens with one attached hydrogen (secondary N) is 1. The molecule has 3 rings (SSSR count). The van der Waals surface area contributed by atoms with E-state index < -0.39 is 0 Å². The van der Waals surface area contributed by atoms with Crippen LogP contribution in [0.5, 0.6) is 5.75 Å². The zero-order valence-electron chi connectivity index (χ0n) is 18.2. The monoisotopic (exact) mass is 415 g/mol. The van der Waals surface area contributed by atoms with Gasteiger partial charge in [-0.05, 0) is 49.6 Å². The van der Waals surface area contributed by atoms with Crippen LogP contribution in [0, 0.1) is 0 Å². The fourth-order valence-corrected chi connectivity index (χ4v) is 3.52. The van der Waals surface area contributed by atoms with Gasteiger partial charge in [0.15, 0.2) is 5.96 Å². The third kappa shape index (κ3) is 6.21. The van der Waals surface area contributed by atoms with Gasteiger partial charge in [-0.1, -0.05) is 0 Å². The molecule has 1 N–H and O–H groups in total. The summed E-state index contributed by atoms with van der Waals surface area (Å²) in [7, 11) is 5.21.